The van der Waals surface area contributed by atoms with Gasteiger partial charge in [0.2, 0.25) is 5.75 Å². The van der Waals surface area contributed by atoms with Crippen molar-refractivity contribution in [2.45, 2.75) is 51.8 Å². The molecule has 0 unspecified atom stereocenters. The van der Waals surface area contributed by atoms with Gasteiger partial charge >= 0.3 is 6.36 Å². The first-order valence-electron chi connectivity index (χ1n) is 11.5. The molecule has 34 heavy (non-hydrogen) atoms. The number of halogens is 5. The minimum atomic E-state index is -5.18. The van der Waals surface area contributed by atoms with Gasteiger partial charge in [0, 0.05) is 0 Å². The smallest absolute Gasteiger partial charge is 0.399 e. The summed E-state index contributed by atoms with van der Waals surface area (Å²) in [5, 5.41) is 4.06. The number of aryl methyl sites for hydroxylation is 1. The van der Waals surface area contributed by atoms with E-state index in [1.165, 1.54) is 37.7 Å². The molecule has 0 atom stereocenters. The van der Waals surface area contributed by atoms with Crippen LogP contribution >= 0.6 is 0 Å². The molecule has 0 aliphatic rings. The fraction of sp³-hybridized carbons (Fsp3) is 0.286. The molecule has 178 valence electrons. The highest BCUT2D eigenvalue weighted by atomic mass is 19.4. The highest BCUT2D eigenvalue weighted by Crippen LogP contribution is 2.35. The number of hydrogen-bond donors (Lipinski definition) is 0. The zero-order valence-corrected chi connectivity index (χ0v) is 18.8. The topological polar surface area (TPSA) is 9.23 Å². The van der Waals surface area contributed by atoms with Crippen molar-refractivity contribution in [2.24, 2.45) is 0 Å². The third kappa shape index (κ3) is 5.49. The van der Waals surface area contributed by atoms with Gasteiger partial charge in [0.1, 0.15) is 0 Å². The second-order valence-corrected chi connectivity index (χ2v) is 8.54. The van der Waals surface area contributed by atoms with Gasteiger partial charge in [-0.2, -0.15) is 0 Å². The molecule has 1 nitrogen and oxygen atoms in total. The third-order valence-corrected chi connectivity index (χ3v) is 6.02. The van der Waals surface area contributed by atoms with Gasteiger partial charge in [-0.05, 0) is 69.3 Å². The predicted octanol–water partition coefficient (Wildman–Crippen LogP) is 9.35. The zero-order valence-electron chi connectivity index (χ0n) is 18.8. The highest BCUT2D eigenvalue weighted by Gasteiger charge is 2.34. The van der Waals surface area contributed by atoms with Gasteiger partial charge < -0.3 is 4.74 Å². The van der Waals surface area contributed by atoms with Crippen molar-refractivity contribution in [2.75, 3.05) is 0 Å². The normalized spacial score (nSPS) is 11.9. The number of alkyl halides is 3. The van der Waals surface area contributed by atoms with Crippen LogP contribution in [0.3, 0.4) is 0 Å². The van der Waals surface area contributed by atoms with E-state index in [0.717, 1.165) is 40.1 Å². The molecular formula is C28H25F5O. The molecule has 0 aromatic heterocycles. The Balaban J connectivity index is 1.61. The summed E-state index contributed by atoms with van der Waals surface area (Å²) in [7, 11) is 0. The fourth-order valence-corrected chi connectivity index (χ4v) is 4.33. The van der Waals surface area contributed by atoms with E-state index in [1.807, 2.05) is 18.2 Å². The molecule has 0 saturated carbocycles. The van der Waals surface area contributed by atoms with E-state index < -0.39 is 23.7 Å². The molecule has 0 N–H and O–H groups in total. The van der Waals surface area contributed by atoms with E-state index in [4.69, 9.17) is 0 Å². The average Bonchev–Trinajstić information content (AvgIpc) is 2.80. The van der Waals surface area contributed by atoms with Gasteiger partial charge in [-0.25, -0.2) is 8.78 Å². The lowest BCUT2D eigenvalue weighted by atomic mass is 9.95. The van der Waals surface area contributed by atoms with Gasteiger partial charge in [-0.15, -0.1) is 13.2 Å². The lowest BCUT2D eigenvalue weighted by Gasteiger charge is -2.13. The van der Waals surface area contributed by atoms with Crippen LogP contribution in [-0.4, -0.2) is 6.36 Å². The molecule has 0 saturated heterocycles. The predicted molar refractivity (Wildman–Crippen MR) is 126 cm³/mol. The van der Waals surface area contributed by atoms with Crippen molar-refractivity contribution >= 4 is 21.5 Å². The Labute approximate surface area is 195 Å². The zero-order chi connectivity index (χ0) is 24.3. The molecule has 6 heteroatoms. The van der Waals surface area contributed by atoms with Crippen molar-refractivity contribution in [1.29, 1.82) is 0 Å². The Kier molecular flexibility index (Phi) is 7.05. The Hall–Kier alpha value is -3.15. The third-order valence-electron chi connectivity index (χ3n) is 6.02. The molecule has 0 aliphatic heterocycles. The molecular weight excluding hydrogens is 447 g/mol. The van der Waals surface area contributed by atoms with E-state index in [9.17, 15) is 22.0 Å². The van der Waals surface area contributed by atoms with Crippen LogP contribution in [0.2, 0.25) is 0 Å². The first kappa shape index (κ1) is 24.0. The standard InChI is InChI=1S/C28H25F5O/c1-2-3-4-5-6-7-18-8-12-23-20(14-18)9-10-21-15-19(11-13-24(21)23)22-16-25(29)27(26(30)17-22)34-28(31,32)33/h8-17H,2-7H2,1H3. The molecule has 0 radical (unpaired) electrons. The summed E-state index contributed by atoms with van der Waals surface area (Å²) in [6, 6.07) is 17.4. The first-order valence-corrected chi connectivity index (χ1v) is 11.5. The second-order valence-electron chi connectivity index (χ2n) is 8.54. The van der Waals surface area contributed by atoms with Crippen molar-refractivity contribution in [1.82, 2.24) is 0 Å². The number of fused-ring (bicyclic) bond motifs is 3. The number of ether oxygens (including phenoxy) is 1. The maximum absolute atomic E-state index is 14.2. The van der Waals surface area contributed by atoms with Crippen molar-refractivity contribution in [3.8, 4) is 16.9 Å². The summed E-state index contributed by atoms with van der Waals surface area (Å²) in [6.07, 6.45) is 2.04. The molecule has 0 amide bonds. The Morgan fingerprint density at radius 3 is 1.94 bits per heavy atom. The van der Waals surface area contributed by atoms with Crippen LogP contribution in [-0.2, 0) is 6.42 Å². The van der Waals surface area contributed by atoms with Crippen LogP contribution in [0.15, 0.2) is 60.7 Å². The quantitative estimate of drug-likeness (QED) is 0.141. The van der Waals surface area contributed by atoms with E-state index in [2.05, 4.69) is 29.9 Å². The monoisotopic (exact) mass is 472 g/mol. The van der Waals surface area contributed by atoms with Crippen LogP contribution in [0.5, 0.6) is 5.75 Å². The number of hydrogen-bond acceptors (Lipinski definition) is 1. The van der Waals surface area contributed by atoms with Gasteiger partial charge in [-0.3, -0.25) is 0 Å². The number of benzene rings is 4. The summed E-state index contributed by atoms with van der Waals surface area (Å²) in [5.74, 6) is -4.27. The molecule has 0 aliphatic carbocycles. The number of unbranched alkanes of at least 4 members (excludes halogenated alkanes) is 4. The Morgan fingerprint density at radius 2 is 1.29 bits per heavy atom. The van der Waals surface area contributed by atoms with Crippen molar-refractivity contribution in [3.63, 3.8) is 0 Å². The van der Waals surface area contributed by atoms with Crippen LogP contribution < -0.4 is 4.74 Å². The van der Waals surface area contributed by atoms with E-state index in [-0.39, 0.29) is 5.56 Å². The molecule has 0 bridgehead atoms. The first-order chi connectivity index (χ1) is 16.2. The highest BCUT2D eigenvalue weighted by molar-refractivity contribution is 6.08. The average molecular weight is 472 g/mol. The van der Waals surface area contributed by atoms with E-state index in [0.29, 0.717) is 5.56 Å². The van der Waals surface area contributed by atoms with Crippen LogP contribution in [0.25, 0.3) is 32.7 Å². The fourth-order valence-electron chi connectivity index (χ4n) is 4.33. The Bertz CT molecular complexity index is 1290. The molecule has 0 heterocycles. The number of rotatable bonds is 8. The molecule has 0 spiro atoms. The van der Waals surface area contributed by atoms with Crippen molar-refractivity contribution < 1.29 is 26.7 Å². The molecule has 4 rings (SSSR count). The SMILES string of the molecule is CCCCCCCc1ccc2c(ccc3cc(-c4cc(F)c(OC(F)(F)F)c(F)c4)ccc32)c1. The summed E-state index contributed by atoms with van der Waals surface area (Å²) >= 11 is 0. The van der Waals surface area contributed by atoms with Gasteiger partial charge in [0.05, 0.1) is 0 Å². The van der Waals surface area contributed by atoms with E-state index in [1.54, 1.807) is 12.1 Å². The van der Waals surface area contributed by atoms with Crippen molar-refractivity contribution in [3.05, 3.63) is 77.9 Å². The van der Waals surface area contributed by atoms with Gasteiger partial charge in [0.15, 0.2) is 11.6 Å². The van der Waals surface area contributed by atoms with E-state index >= 15 is 0 Å². The second kappa shape index (κ2) is 10.00. The summed E-state index contributed by atoms with van der Waals surface area (Å²) < 4.78 is 69.0. The van der Waals surface area contributed by atoms with Crippen LogP contribution in [0.1, 0.15) is 44.6 Å². The lowest BCUT2D eigenvalue weighted by molar-refractivity contribution is -0.276. The van der Waals surface area contributed by atoms with Gasteiger partial charge in [0.25, 0.3) is 0 Å². The summed E-state index contributed by atoms with van der Waals surface area (Å²) in [6.45, 7) is 2.20. The summed E-state index contributed by atoms with van der Waals surface area (Å²) in [5.41, 5.74) is 1.92. The summed E-state index contributed by atoms with van der Waals surface area (Å²) in [4.78, 5) is 0. The maximum atomic E-state index is 14.2. The molecule has 4 aromatic rings. The maximum Gasteiger partial charge on any atom is 0.573 e. The molecule has 4 aromatic carbocycles. The van der Waals surface area contributed by atoms with Gasteiger partial charge in [-0.1, -0.05) is 75.1 Å². The van der Waals surface area contributed by atoms with Crippen LogP contribution in [0, 0.1) is 11.6 Å². The lowest BCUT2D eigenvalue weighted by Crippen LogP contribution is -2.19. The largest absolute Gasteiger partial charge is 0.573 e. The van der Waals surface area contributed by atoms with Crippen LogP contribution in [0.4, 0.5) is 22.0 Å². The minimum Gasteiger partial charge on any atom is -0.399 e. The molecule has 0 fully saturated rings. The minimum absolute atomic E-state index is 0.130. The Morgan fingerprint density at radius 1 is 0.676 bits per heavy atom.